The van der Waals surface area contributed by atoms with E-state index in [1.165, 1.54) is 11.8 Å². The monoisotopic (exact) mass is 291 g/mol. The summed E-state index contributed by atoms with van der Waals surface area (Å²) in [6.07, 6.45) is 3.49. The molecule has 5 heteroatoms. The van der Waals surface area contributed by atoms with Crippen molar-refractivity contribution in [3.8, 4) is 5.75 Å². The van der Waals surface area contributed by atoms with Crippen LogP contribution in [0.25, 0.3) is 6.08 Å². The van der Waals surface area contributed by atoms with Crippen LogP contribution in [0.1, 0.15) is 5.56 Å². The van der Waals surface area contributed by atoms with Crippen LogP contribution in [0.5, 0.6) is 5.75 Å². The van der Waals surface area contributed by atoms with Crippen LogP contribution in [-0.4, -0.2) is 28.8 Å². The number of amides is 1. The van der Waals surface area contributed by atoms with Gasteiger partial charge in [-0.25, -0.2) is 0 Å². The van der Waals surface area contributed by atoms with Crippen molar-refractivity contribution in [2.75, 3.05) is 13.7 Å². The fourth-order valence-corrected chi connectivity index (χ4v) is 2.94. The smallest absolute Gasteiger partial charge is 0.266 e. The third-order valence-electron chi connectivity index (χ3n) is 2.58. The van der Waals surface area contributed by atoms with Gasteiger partial charge in [-0.2, -0.15) is 0 Å². The predicted molar refractivity (Wildman–Crippen MR) is 83.1 cm³/mol. The Morgan fingerprint density at radius 3 is 3.00 bits per heavy atom. The maximum absolute atomic E-state index is 12.1. The number of carbonyl (C=O) groups excluding carboxylic acids is 1. The normalized spacial score (nSPS) is 17.1. The van der Waals surface area contributed by atoms with Crippen molar-refractivity contribution >= 4 is 40.3 Å². The van der Waals surface area contributed by atoms with Gasteiger partial charge in [0, 0.05) is 6.54 Å². The topological polar surface area (TPSA) is 29.5 Å². The molecule has 1 amide bonds. The van der Waals surface area contributed by atoms with Gasteiger partial charge in [-0.1, -0.05) is 42.2 Å². The minimum Gasteiger partial charge on any atom is -0.497 e. The molecule has 2 rings (SSSR count). The number of hydrogen-bond acceptors (Lipinski definition) is 4. The van der Waals surface area contributed by atoms with Gasteiger partial charge in [0.05, 0.1) is 12.0 Å². The van der Waals surface area contributed by atoms with Crippen molar-refractivity contribution in [2.45, 2.75) is 0 Å². The molecular formula is C14H13NO2S2. The molecule has 0 N–H and O–H groups in total. The molecule has 1 aromatic rings. The second kappa shape index (κ2) is 6.04. The molecule has 0 aliphatic carbocycles. The SMILES string of the molecule is C=CCN1C(=O)C(=Cc2cccc(OC)c2)SC1=S. The van der Waals surface area contributed by atoms with Gasteiger partial charge in [-0.05, 0) is 23.8 Å². The molecule has 0 aromatic heterocycles. The number of ether oxygens (including phenoxy) is 1. The number of nitrogens with zero attached hydrogens (tertiary/aromatic N) is 1. The summed E-state index contributed by atoms with van der Waals surface area (Å²) in [4.78, 5) is 14.3. The lowest BCUT2D eigenvalue weighted by molar-refractivity contribution is -0.121. The Kier molecular flexibility index (Phi) is 4.39. The van der Waals surface area contributed by atoms with Crippen molar-refractivity contribution in [2.24, 2.45) is 0 Å². The number of thioether (sulfide) groups is 1. The molecule has 0 radical (unpaired) electrons. The molecule has 3 nitrogen and oxygen atoms in total. The van der Waals surface area contributed by atoms with E-state index in [2.05, 4.69) is 6.58 Å². The van der Waals surface area contributed by atoms with Crippen LogP contribution >= 0.6 is 24.0 Å². The summed E-state index contributed by atoms with van der Waals surface area (Å²) in [6, 6.07) is 7.54. The van der Waals surface area contributed by atoms with E-state index < -0.39 is 0 Å². The highest BCUT2D eigenvalue weighted by Crippen LogP contribution is 2.32. The quantitative estimate of drug-likeness (QED) is 0.484. The Balaban J connectivity index is 2.26. The number of hydrogen-bond donors (Lipinski definition) is 0. The first kappa shape index (κ1) is 13.8. The third-order valence-corrected chi connectivity index (χ3v) is 3.95. The molecule has 0 saturated carbocycles. The fraction of sp³-hybridized carbons (Fsp3) is 0.143. The Morgan fingerprint density at radius 1 is 1.53 bits per heavy atom. The first-order chi connectivity index (χ1) is 9.15. The molecule has 1 fully saturated rings. The maximum atomic E-state index is 12.1. The van der Waals surface area contributed by atoms with Gasteiger partial charge < -0.3 is 4.74 Å². The zero-order chi connectivity index (χ0) is 13.8. The Morgan fingerprint density at radius 2 is 2.32 bits per heavy atom. The summed E-state index contributed by atoms with van der Waals surface area (Å²) in [5.74, 6) is 0.688. The van der Waals surface area contributed by atoms with Crippen LogP contribution < -0.4 is 4.74 Å². The summed E-state index contributed by atoms with van der Waals surface area (Å²) >= 11 is 6.49. The molecule has 1 aliphatic heterocycles. The molecule has 1 heterocycles. The van der Waals surface area contributed by atoms with E-state index in [0.29, 0.717) is 15.8 Å². The van der Waals surface area contributed by atoms with Crippen molar-refractivity contribution in [1.29, 1.82) is 0 Å². The van der Waals surface area contributed by atoms with Gasteiger partial charge in [0.1, 0.15) is 10.1 Å². The standard InChI is InChI=1S/C14H13NO2S2/c1-3-7-15-13(16)12(19-14(15)18)9-10-5-4-6-11(8-10)17-2/h3-6,8-9H,1,7H2,2H3. The minimum absolute atomic E-state index is 0.0716. The molecule has 0 spiro atoms. The molecule has 98 valence electrons. The molecule has 0 bridgehead atoms. The van der Waals surface area contributed by atoms with E-state index in [0.717, 1.165) is 11.3 Å². The van der Waals surface area contributed by atoms with E-state index in [4.69, 9.17) is 17.0 Å². The minimum atomic E-state index is -0.0716. The molecular weight excluding hydrogens is 278 g/mol. The number of methoxy groups -OCH3 is 1. The summed E-state index contributed by atoms with van der Waals surface area (Å²) in [6.45, 7) is 4.07. The van der Waals surface area contributed by atoms with Crippen LogP contribution in [-0.2, 0) is 4.79 Å². The largest absolute Gasteiger partial charge is 0.497 e. The number of rotatable bonds is 4. The van der Waals surface area contributed by atoms with Crippen molar-refractivity contribution in [1.82, 2.24) is 4.90 Å². The number of thiocarbonyl (C=S) groups is 1. The zero-order valence-corrected chi connectivity index (χ0v) is 12.1. The predicted octanol–water partition coefficient (Wildman–Crippen LogP) is 3.08. The molecule has 1 aliphatic rings. The maximum Gasteiger partial charge on any atom is 0.266 e. The summed E-state index contributed by atoms with van der Waals surface area (Å²) < 4.78 is 5.73. The van der Waals surface area contributed by atoms with E-state index in [9.17, 15) is 4.79 Å². The lowest BCUT2D eigenvalue weighted by atomic mass is 10.2. The Hall–Kier alpha value is -1.59. The average Bonchev–Trinajstić information content (AvgIpc) is 2.67. The first-order valence-electron chi connectivity index (χ1n) is 5.66. The van der Waals surface area contributed by atoms with E-state index >= 15 is 0 Å². The molecule has 0 atom stereocenters. The van der Waals surface area contributed by atoms with E-state index in [-0.39, 0.29) is 5.91 Å². The van der Waals surface area contributed by atoms with Crippen LogP contribution in [0.15, 0.2) is 41.8 Å². The summed E-state index contributed by atoms with van der Waals surface area (Å²) in [5.41, 5.74) is 0.915. The van der Waals surface area contributed by atoms with E-state index in [1.807, 2.05) is 30.3 Å². The lowest BCUT2D eigenvalue weighted by Gasteiger charge is -2.10. The van der Waals surface area contributed by atoms with Gasteiger partial charge in [-0.3, -0.25) is 9.69 Å². The van der Waals surface area contributed by atoms with Gasteiger partial charge in [0.25, 0.3) is 5.91 Å². The molecule has 1 saturated heterocycles. The van der Waals surface area contributed by atoms with Crippen LogP contribution in [0.3, 0.4) is 0 Å². The highest BCUT2D eigenvalue weighted by Gasteiger charge is 2.30. The highest BCUT2D eigenvalue weighted by molar-refractivity contribution is 8.26. The second-order valence-electron chi connectivity index (χ2n) is 3.86. The van der Waals surface area contributed by atoms with Crippen molar-refractivity contribution in [3.63, 3.8) is 0 Å². The lowest BCUT2D eigenvalue weighted by Crippen LogP contribution is -2.27. The second-order valence-corrected chi connectivity index (χ2v) is 5.53. The fourth-order valence-electron chi connectivity index (χ4n) is 1.67. The van der Waals surface area contributed by atoms with Crippen LogP contribution in [0.4, 0.5) is 0 Å². The Bertz CT molecular complexity index is 566. The number of benzene rings is 1. The van der Waals surface area contributed by atoms with Gasteiger partial charge in [0.2, 0.25) is 0 Å². The molecule has 1 aromatic carbocycles. The van der Waals surface area contributed by atoms with E-state index in [1.54, 1.807) is 18.1 Å². The highest BCUT2D eigenvalue weighted by atomic mass is 32.2. The van der Waals surface area contributed by atoms with Crippen molar-refractivity contribution < 1.29 is 9.53 Å². The van der Waals surface area contributed by atoms with Gasteiger partial charge >= 0.3 is 0 Å². The zero-order valence-electron chi connectivity index (χ0n) is 10.5. The molecule has 19 heavy (non-hydrogen) atoms. The Labute approximate surface area is 121 Å². The third kappa shape index (κ3) is 3.05. The van der Waals surface area contributed by atoms with Gasteiger partial charge in [0.15, 0.2) is 0 Å². The van der Waals surface area contributed by atoms with Crippen LogP contribution in [0.2, 0.25) is 0 Å². The first-order valence-corrected chi connectivity index (χ1v) is 6.88. The average molecular weight is 291 g/mol. The van der Waals surface area contributed by atoms with Gasteiger partial charge in [-0.15, -0.1) is 6.58 Å². The van der Waals surface area contributed by atoms with Crippen molar-refractivity contribution in [3.05, 3.63) is 47.4 Å². The molecule has 0 unspecified atom stereocenters. The van der Waals surface area contributed by atoms with Crippen LogP contribution in [0, 0.1) is 0 Å². The summed E-state index contributed by atoms with van der Waals surface area (Å²) in [5, 5.41) is 0. The number of carbonyl (C=O) groups is 1. The summed E-state index contributed by atoms with van der Waals surface area (Å²) in [7, 11) is 1.61.